The molecule has 8 nitrogen and oxygen atoms in total. The fourth-order valence-corrected chi connectivity index (χ4v) is 4.07. The first kappa shape index (κ1) is 19.8. The first-order valence-electron chi connectivity index (χ1n) is 9.96. The number of H-pyrrole nitrogens is 1. The SMILES string of the molecule is COCc1cc(CNC(=O)C[C@H]2C(=O)NCCN2CC2CCCCC2)[nH]n1. The Morgan fingerprint density at radius 3 is 2.96 bits per heavy atom. The van der Waals surface area contributed by atoms with E-state index in [0.717, 1.165) is 24.5 Å². The molecule has 2 amide bonds. The van der Waals surface area contributed by atoms with Gasteiger partial charge in [-0.3, -0.25) is 19.6 Å². The first-order chi connectivity index (χ1) is 13.2. The number of ether oxygens (including phenoxy) is 1. The van der Waals surface area contributed by atoms with E-state index in [1.807, 2.05) is 6.07 Å². The Kier molecular flexibility index (Phi) is 7.23. The van der Waals surface area contributed by atoms with Crippen molar-refractivity contribution < 1.29 is 14.3 Å². The molecule has 2 heterocycles. The smallest absolute Gasteiger partial charge is 0.237 e. The van der Waals surface area contributed by atoms with Crippen LogP contribution in [0.1, 0.15) is 49.9 Å². The van der Waals surface area contributed by atoms with E-state index < -0.39 is 0 Å². The van der Waals surface area contributed by atoms with Crippen LogP contribution in [0.15, 0.2) is 6.07 Å². The molecule has 1 aromatic heterocycles. The lowest BCUT2D eigenvalue weighted by Crippen LogP contribution is -2.57. The van der Waals surface area contributed by atoms with Gasteiger partial charge in [0, 0.05) is 26.7 Å². The quantitative estimate of drug-likeness (QED) is 0.626. The van der Waals surface area contributed by atoms with Gasteiger partial charge in [0.1, 0.15) is 0 Å². The van der Waals surface area contributed by atoms with Crippen LogP contribution in [0.5, 0.6) is 0 Å². The molecule has 0 aromatic carbocycles. The van der Waals surface area contributed by atoms with Gasteiger partial charge in [-0.15, -0.1) is 0 Å². The van der Waals surface area contributed by atoms with Gasteiger partial charge in [-0.05, 0) is 24.8 Å². The first-order valence-corrected chi connectivity index (χ1v) is 9.96. The third-order valence-electron chi connectivity index (χ3n) is 5.49. The highest BCUT2D eigenvalue weighted by molar-refractivity contribution is 5.88. The minimum Gasteiger partial charge on any atom is -0.378 e. The number of hydrogen-bond acceptors (Lipinski definition) is 5. The predicted octanol–water partition coefficient (Wildman–Crippen LogP) is 0.943. The highest BCUT2D eigenvalue weighted by Gasteiger charge is 2.33. The average Bonchev–Trinajstić information content (AvgIpc) is 3.12. The van der Waals surface area contributed by atoms with Crippen molar-refractivity contribution in [3.8, 4) is 0 Å². The molecule has 1 atom stereocenters. The van der Waals surface area contributed by atoms with Gasteiger partial charge in [-0.25, -0.2) is 0 Å². The molecule has 150 valence electrons. The van der Waals surface area contributed by atoms with E-state index in [2.05, 4.69) is 25.7 Å². The molecule has 1 aliphatic carbocycles. The summed E-state index contributed by atoms with van der Waals surface area (Å²) >= 11 is 0. The Bertz CT molecular complexity index is 627. The van der Waals surface area contributed by atoms with Gasteiger partial charge in [0.15, 0.2) is 0 Å². The molecule has 27 heavy (non-hydrogen) atoms. The molecule has 0 bridgehead atoms. The van der Waals surface area contributed by atoms with E-state index >= 15 is 0 Å². The Labute approximate surface area is 160 Å². The third kappa shape index (κ3) is 5.77. The minimum atomic E-state index is -0.369. The Hall–Kier alpha value is -1.93. The van der Waals surface area contributed by atoms with Crippen LogP contribution in [-0.4, -0.2) is 59.7 Å². The van der Waals surface area contributed by atoms with Gasteiger partial charge in [-0.1, -0.05) is 19.3 Å². The van der Waals surface area contributed by atoms with E-state index in [9.17, 15) is 9.59 Å². The summed E-state index contributed by atoms with van der Waals surface area (Å²) < 4.78 is 5.03. The van der Waals surface area contributed by atoms with Gasteiger partial charge in [0.2, 0.25) is 11.8 Å². The molecular weight excluding hydrogens is 346 g/mol. The van der Waals surface area contributed by atoms with Gasteiger partial charge in [-0.2, -0.15) is 5.10 Å². The van der Waals surface area contributed by atoms with Crippen molar-refractivity contribution in [1.82, 2.24) is 25.7 Å². The Morgan fingerprint density at radius 1 is 1.37 bits per heavy atom. The van der Waals surface area contributed by atoms with E-state index in [0.29, 0.717) is 25.6 Å². The monoisotopic (exact) mass is 377 g/mol. The average molecular weight is 377 g/mol. The summed E-state index contributed by atoms with van der Waals surface area (Å²) in [6, 6.07) is 1.50. The Balaban J connectivity index is 1.50. The topological polar surface area (TPSA) is 99.3 Å². The van der Waals surface area contributed by atoms with Crippen molar-refractivity contribution in [2.24, 2.45) is 5.92 Å². The van der Waals surface area contributed by atoms with Crippen LogP contribution < -0.4 is 10.6 Å². The summed E-state index contributed by atoms with van der Waals surface area (Å²) in [4.78, 5) is 27.0. The van der Waals surface area contributed by atoms with Gasteiger partial charge in [0.25, 0.3) is 0 Å². The number of methoxy groups -OCH3 is 1. The molecule has 2 fully saturated rings. The van der Waals surface area contributed by atoms with Crippen LogP contribution in [0, 0.1) is 5.92 Å². The second-order valence-corrected chi connectivity index (χ2v) is 7.60. The molecule has 1 aromatic rings. The van der Waals surface area contributed by atoms with E-state index in [1.54, 1.807) is 7.11 Å². The molecule has 3 rings (SSSR count). The molecule has 1 aliphatic heterocycles. The molecular formula is C19H31N5O3. The largest absolute Gasteiger partial charge is 0.378 e. The zero-order valence-electron chi connectivity index (χ0n) is 16.1. The van der Waals surface area contributed by atoms with Crippen LogP contribution in [0.4, 0.5) is 0 Å². The second kappa shape index (κ2) is 9.85. The minimum absolute atomic E-state index is 0.0314. The summed E-state index contributed by atoms with van der Waals surface area (Å²) in [5, 5.41) is 12.8. The van der Waals surface area contributed by atoms with Crippen molar-refractivity contribution in [3.63, 3.8) is 0 Å². The maximum absolute atomic E-state index is 12.4. The number of aromatic amines is 1. The van der Waals surface area contributed by atoms with Crippen molar-refractivity contribution >= 4 is 11.8 Å². The molecule has 1 saturated heterocycles. The predicted molar refractivity (Wildman–Crippen MR) is 101 cm³/mol. The molecule has 8 heteroatoms. The summed E-state index contributed by atoms with van der Waals surface area (Å²) in [7, 11) is 1.62. The number of hydrogen-bond donors (Lipinski definition) is 3. The van der Waals surface area contributed by atoms with Crippen LogP contribution in [0.3, 0.4) is 0 Å². The molecule has 2 aliphatic rings. The molecule has 0 spiro atoms. The highest BCUT2D eigenvalue weighted by Crippen LogP contribution is 2.25. The number of nitrogens with zero attached hydrogens (tertiary/aromatic N) is 2. The number of aromatic nitrogens is 2. The lowest BCUT2D eigenvalue weighted by atomic mass is 9.88. The van der Waals surface area contributed by atoms with Gasteiger partial charge < -0.3 is 15.4 Å². The van der Waals surface area contributed by atoms with Crippen LogP contribution >= 0.6 is 0 Å². The van der Waals surface area contributed by atoms with E-state index in [1.165, 1.54) is 32.1 Å². The fraction of sp³-hybridized carbons (Fsp3) is 0.737. The lowest BCUT2D eigenvalue weighted by molar-refractivity contribution is -0.134. The van der Waals surface area contributed by atoms with Crippen LogP contribution in [0.25, 0.3) is 0 Å². The number of amides is 2. The molecule has 1 saturated carbocycles. The highest BCUT2D eigenvalue weighted by atomic mass is 16.5. The standard InChI is InChI=1S/C19H31N5O3/c1-27-13-16-9-15(22-23-16)11-21-18(25)10-17-19(26)20-7-8-24(17)12-14-5-3-2-4-6-14/h9,14,17H,2-8,10-13H2,1H3,(H,20,26)(H,21,25)(H,22,23)/t17-/m0/s1. The molecule has 0 radical (unpaired) electrons. The lowest BCUT2D eigenvalue weighted by Gasteiger charge is -2.37. The number of carbonyl (C=O) groups excluding carboxylic acids is 2. The molecule has 3 N–H and O–H groups in total. The maximum atomic E-state index is 12.4. The van der Waals surface area contributed by atoms with Crippen LogP contribution in [0.2, 0.25) is 0 Å². The van der Waals surface area contributed by atoms with E-state index in [4.69, 9.17) is 4.74 Å². The number of nitrogens with one attached hydrogen (secondary N) is 3. The second-order valence-electron chi connectivity index (χ2n) is 7.60. The Morgan fingerprint density at radius 2 is 2.19 bits per heavy atom. The third-order valence-corrected chi connectivity index (χ3v) is 5.49. The zero-order valence-corrected chi connectivity index (χ0v) is 16.1. The van der Waals surface area contributed by atoms with Crippen molar-refractivity contribution in [1.29, 1.82) is 0 Å². The number of carbonyl (C=O) groups is 2. The zero-order chi connectivity index (χ0) is 19.1. The number of piperazine rings is 1. The molecule has 0 unspecified atom stereocenters. The van der Waals surface area contributed by atoms with E-state index in [-0.39, 0.29) is 24.3 Å². The summed E-state index contributed by atoms with van der Waals surface area (Å²) in [5.41, 5.74) is 1.62. The summed E-state index contributed by atoms with van der Waals surface area (Å²) in [5.74, 6) is 0.504. The van der Waals surface area contributed by atoms with Gasteiger partial charge in [0.05, 0.1) is 37.0 Å². The fourth-order valence-electron chi connectivity index (χ4n) is 4.07. The normalized spacial score (nSPS) is 21.8. The van der Waals surface area contributed by atoms with Crippen molar-refractivity contribution in [3.05, 3.63) is 17.5 Å². The maximum Gasteiger partial charge on any atom is 0.237 e. The van der Waals surface area contributed by atoms with Gasteiger partial charge >= 0.3 is 0 Å². The summed E-state index contributed by atoms with van der Waals surface area (Å²) in [6.45, 7) is 3.21. The van der Waals surface area contributed by atoms with Crippen molar-refractivity contribution in [2.75, 3.05) is 26.7 Å². The summed E-state index contributed by atoms with van der Waals surface area (Å²) in [6.07, 6.45) is 6.55. The van der Waals surface area contributed by atoms with Crippen molar-refractivity contribution in [2.45, 2.75) is 57.7 Å². The van der Waals surface area contributed by atoms with Crippen LogP contribution in [-0.2, 0) is 27.5 Å². The number of rotatable bonds is 8.